The summed E-state index contributed by atoms with van der Waals surface area (Å²) in [5.74, 6) is 0.715. The number of hydrogen-bond donors (Lipinski definition) is 4. The lowest BCUT2D eigenvalue weighted by Gasteiger charge is -2.39. The van der Waals surface area contributed by atoms with Gasteiger partial charge in [-0.3, -0.25) is 0 Å². The molecule has 0 amide bonds. The smallest absolute Gasteiger partial charge is 0.132 e. The summed E-state index contributed by atoms with van der Waals surface area (Å²) in [5.41, 5.74) is 0.541. The molecule has 0 bridgehead atoms. The third kappa shape index (κ3) is 3.72. The van der Waals surface area contributed by atoms with Crippen LogP contribution in [0.5, 0.6) is 0 Å². The van der Waals surface area contributed by atoms with Crippen LogP contribution in [0.25, 0.3) is 0 Å². The SMILES string of the molecule is OC[C@@H]1O[C@@H](SCCc2ccccc2)[C@H](O)[C@H](O)[C@@H]1O. The Hall–Kier alpha value is -0.630. The molecule has 1 fully saturated rings. The van der Waals surface area contributed by atoms with E-state index in [9.17, 15) is 15.3 Å². The second-order valence-corrected chi connectivity index (χ2v) is 6.01. The van der Waals surface area contributed by atoms with Crippen LogP contribution < -0.4 is 0 Å². The Balaban J connectivity index is 1.85. The molecule has 1 aliphatic rings. The first-order valence-electron chi connectivity index (χ1n) is 6.59. The van der Waals surface area contributed by atoms with Crippen LogP contribution in [-0.4, -0.2) is 62.6 Å². The maximum Gasteiger partial charge on any atom is 0.132 e. The fourth-order valence-electron chi connectivity index (χ4n) is 2.14. The van der Waals surface area contributed by atoms with Crippen LogP contribution >= 0.6 is 11.8 Å². The third-order valence-electron chi connectivity index (χ3n) is 3.36. The van der Waals surface area contributed by atoms with Crippen LogP contribution in [0.3, 0.4) is 0 Å². The Bertz CT molecular complexity index is 400. The first-order chi connectivity index (χ1) is 9.63. The second kappa shape index (κ2) is 7.40. The molecule has 5 atom stereocenters. The van der Waals surface area contributed by atoms with Gasteiger partial charge in [0, 0.05) is 0 Å². The van der Waals surface area contributed by atoms with Gasteiger partial charge in [0.2, 0.25) is 0 Å². The van der Waals surface area contributed by atoms with E-state index in [1.807, 2.05) is 30.3 Å². The van der Waals surface area contributed by atoms with E-state index < -0.39 is 29.9 Å². The molecule has 5 nitrogen and oxygen atoms in total. The Morgan fingerprint density at radius 3 is 2.35 bits per heavy atom. The molecule has 0 aromatic heterocycles. The molecule has 6 heteroatoms. The quantitative estimate of drug-likeness (QED) is 0.600. The Labute approximate surface area is 122 Å². The third-order valence-corrected chi connectivity index (χ3v) is 4.52. The van der Waals surface area contributed by atoms with Gasteiger partial charge in [0.25, 0.3) is 0 Å². The maximum atomic E-state index is 9.88. The molecule has 0 aliphatic carbocycles. The molecule has 0 spiro atoms. The van der Waals surface area contributed by atoms with Crippen molar-refractivity contribution in [2.24, 2.45) is 0 Å². The topological polar surface area (TPSA) is 90.2 Å². The minimum atomic E-state index is -1.30. The first-order valence-corrected chi connectivity index (χ1v) is 7.64. The van der Waals surface area contributed by atoms with E-state index in [2.05, 4.69) is 0 Å². The number of hydrogen-bond acceptors (Lipinski definition) is 6. The summed E-state index contributed by atoms with van der Waals surface area (Å²) < 4.78 is 5.42. The molecule has 1 saturated heterocycles. The van der Waals surface area contributed by atoms with E-state index in [4.69, 9.17) is 9.84 Å². The van der Waals surface area contributed by atoms with Crippen molar-refractivity contribution in [2.75, 3.05) is 12.4 Å². The van der Waals surface area contributed by atoms with Crippen molar-refractivity contribution in [3.8, 4) is 0 Å². The van der Waals surface area contributed by atoms with Crippen LogP contribution in [0.1, 0.15) is 5.56 Å². The van der Waals surface area contributed by atoms with E-state index in [0.717, 1.165) is 6.42 Å². The number of ether oxygens (including phenoxy) is 1. The van der Waals surface area contributed by atoms with Gasteiger partial charge in [-0.25, -0.2) is 0 Å². The molecular formula is C14H20O5S. The molecule has 1 aromatic rings. The number of aliphatic hydroxyl groups excluding tert-OH is 4. The zero-order valence-corrected chi connectivity index (χ0v) is 11.8. The number of rotatable bonds is 5. The highest BCUT2D eigenvalue weighted by atomic mass is 32.2. The van der Waals surface area contributed by atoms with E-state index in [1.54, 1.807) is 0 Å². The molecule has 112 valence electrons. The van der Waals surface area contributed by atoms with E-state index in [0.29, 0.717) is 5.75 Å². The van der Waals surface area contributed by atoms with Gasteiger partial charge in [0.05, 0.1) is 6.61 Å². The Morgan fingerprint density at radius 1 is 1.00 bits per heavy atom. The normalized spacial score (nSPS) is 34.1. The monoisotopic (exact) mass is 300 g/mol. The van der Waals surface area contributed by atoms with Crippen LogP contribution in [-0.2, 0) is 11.2 Å². The van der Waals surface area contributed by atoms with Gasteiger partial charge >= 0.3 is 0 Å². The standard InChI is InChI=1S/C14H20O5S/c15-8-10-11(16)12(17)13(18)14(19-10)20-7-6-9-4-2-1-3-5-9/h1-5,10-18H,6-8H2/t10-,11+,12+,13+,14-/m0/s1. The van der Waals surface area contributed by atoms with E-state index in [1.165, 1.54) is 17.3 Å². The maximum absolute atomic E-state index is 9.88. The highest BCUT2D eigenvalue weighted by molar-refractivity contribution is 7.99. The fourth-order valence-corrected chi connectivity index (χ4v) is 3.31. The first kappa shape index (κ1) is 15.8. The van der Waals surface area contributed by atoms with Crippen LogP contribution in [0.2, 0.25) is 0 Å². The minimum Gasteiger partial charge on any atom is -0.394 e. The lowest BCUT2D eigenvalue weighted by atomic mass is 10.0. The summed E-state index contributed by atoms with van der Waals surface area (Å²) in [6.45, 7) is -0.388. The molecular weight excluding hydrogens is 280 g/mol. The van der Waals surface area contributed by atoms with Crippen molar-refractivity contribution < 1.29 is 25.2 Å². The summed E-state index contributed by atoms with van der Waals surface area (Å²) in [6.07, 6.45) is -3.76. The molecule has 1 heterocycles. The van der Waals surface area contributed by atoms with Gasteiger partial charge < -0.3 is 25.2 Å². The van der Waals surface area contributed by atoms with Gasteiger partial charge in [-0.2, -0.15) is 0 Å². The Kier molecular flexibility index (Phi) is 5.83. The van der Waals surface area contributed by atoms with Crippen LogP contribution in [0, 0.1) is 0 Å². The van der Waals surface area contributed by atoms with Crippen molar-refractivity contribution in [1.82, 2.24) is 0 Å². The van der Waals surface area contributed by atoms with Gasteiger partial charge in [-0.15, -0.1) is 11.8 Å². The van der Waals surface area contributed by atoms with Gasteiger partial charge in [-0.05, 0) is 17.7 Å². The van der Waals surface area contributed by atoms with Gasteiger partial charge in [0.1, 0.15) is 29.9 Å². The highest BCUT2D eigenvalue weighted by Gasteiger charge is 2.43. The minimum absolute atomic E-state index is 0.388. The largest absolute Gasteiger partial charge is 0.394 e. The number of benzene rings is 1. The van der Waals surface area contributed by atoms with Crippen molar-refractivity contribution in [3.63, 3.8) is 0 Å². The Morgan fingerprint density at radius 2 is 1.70 bits per heavy atom. The molecule has 0 saturated carbocycles. The zero-order valence-electron chi connectivity index (χ0n) is 11.0. The number of aliphatic hydroxyl groups is 4. The average molecular weight is 300 g/mol. The van der Waals surface area contributed by atoms with Crippen molar-refractivity contribution in [3.05, 3.63) is 35.9 Å². The predicted octanol–water partition coefficient (Wildman–Crippen LogP) is -0.238. The van der Waals surface area contributed by atoms with E-state index >= 15 is 0 Å². The number of aryl methyl sites for hydroxylation is 1. The van der Waals surface area contributed by atoms with Crippen LogP contribution in [0.4, 0.5) is 0 Å². The molecule has 2 rings (SSSR count). The highest BCUT2D eigenvalue weighted by Crippen LogP contribution is 2.28. The van der Waals surface area contributed by atoms with Crippen molar-refractivity contribution in [1.29, 1.82) is 0 Å². The second-order valence-electron chi connectivity index (χ2n) is 4.80. The molecule has 20 heavy (non-hydrogen) atoms. The number of thioether (sulfide) groups is 1. The summed E-state index contributed by atoms with van der Waals surface area (Å²) in [5, 5.41) is 38.3. The molecule has 1 aromatic carbocycles. The van der Waals surface area contributed by atoms with E-state index in [-0.39, 0.29) is 6.61 Å². The summed E-state index contributed by atoms with van der Waals surface area (Å²) >= 11 is 1.37. The van der Waals surface area contributed by atoms with Gasteiger partial charge in [0.15, 0.2) is 0 Å². The van der Waals surface area contributed by atoms with Crippen molar-refractivity contribution >= 4 is 11.8 Å². The molecule has 0 radical (unpaired) electrons. The lowest BCUT2D eigenvalue weighted by molar-refractivity contribution is -0.205. The molecule has 1 aliphatic heterocycles. The molecule has 4 N–H and O–H groups in total. The summed E-state index contributed by atoms with van der Waals surface area (Å²) in [6, 6.07) is 9.93. The fraction of sp³-hybridized carbons (Fsp3) is 0.571. The summed E-state index contributed by atoms with van der Waals surface area (Å²) in [7, 11) is 0. The zero-order chi connectivity index (χ0) is 14.5. The van der Waals surface area contributed by atoms with Crippen LogP contribution in [0.15, 0.2) is 30.3 Å². The average Bonchev–Trinajstić information content (AvgIpc) is 2.48. The van der Waals surface area contributed by atoms with Gasteiger partial charge in [-0.1, -0.05) is 30.3 Å². The lowest BCUT2D eigenvalue weighted by Crippen LogP contribution is -2.57. The van der Waals surface area contributed by atoms with Crippen molar-refractivity contribution in [2.45, 2.75) is 36.3 Å². The molecule has 0 unspecified atom stereocenters. The summed E-state index contributed by atoms with van der Waals surface area (Å²) in [4.78, 5) is 0. The predicted molar refractivity (Wildman–Crippen MR) is 76.4 cm³/mol.